The van der Waals surface area contributed by atoms with Crippen molar-refractivity contribution in [2.75, 3.05) is 37.3 Å². The zero-order valence-electron chi connectivity index (χ0n) is 19.2. The van der Waals surface area contributed by atoms with E-state index in [2.05, 4.69) is 0 Å². The Morgan fingerprint density at radius 3 is 2.38 bits per heavy atom. The summed E-state index contributed by atoms with van der Waals surface area (Å²) in [6.07, 6.45) is 6.30. The maximum Gasteiger partial charge on any atom is 0.257 e. The zero-order chi connectivity index (χ0) is 24.3. The van der Waals surface area contributed by atoms with Crippen LogP contribution in [0.2, 0.25) is 0 Å². The molecule has 0 spiro atoms. The largest absolute Gasteiger partial charge is 0.490 e. The molecule has 1 saturated carbocycles. The summed E-state index contributed by atoms with van der Waals surface area (Å²) in [7, 11) is -3.49. The summed E-state index contributed by atoms with van der Waals surface area (Å²) in [5.41, 5.74) is 0.907. The Bertz CT molecular complexity index is 1210. The van der Waals surface area contributed by atoms with Crippen LogP contribution in [-0.2, 0) is 9.84 Å². The first kappa shape index (κ1) is 24.0. The molecule has 1 heterocycles. The predicted octanol–water partition coefficient (Wildman–Crippen LogP) is 3.77. The van der Waals surface area contributed by atoms with Crippen molar-refractivity contribution < 1.29 is 22.3 Å². The van der Waals surface area contributed by atoms with Crippen LogP contribution in [-0.4, -0.2) is 57.8 Å². The van der Waals surface area contributed by atoms with E-state index in [-0.39, 0.29) is 28.0 Å². The lowest BCUT2D eigenvalue weighted by molar-refractivity contribution is 0.0735. The van der Waals surface area contributed by atoms with Crippen molar-refractivity contribution >= 4 is 21.4 Å². The molecule has 1 saturated heterocycles. The van der Waals surface area contributed by atoms with Crippen molar-refractivity contribution in [3.8, 4) is 11.8 Å². The molecule has 0 radical (unpaired) electrons. The summed E-state index contributed by atoms with van der Waals surface area (Å²) in [6.45, 7) is 1.77. The molecule has 2 aliphatic rings. The minimum Gasteiger partial charge on any atom is -0.490 e. The van der Waals surface area contributed by atoms with Crippen molar-refractivity contribution in [3.05, 3.63) is 53.3 Å². The number of sulfone groups is 1. The third-order valence-corrected chi connectivity index (χ3v) is 7.57. The van der Waals surface area contributed by atoms with Gasteiger partial charge in [0.1, 0.15) is 17.6 Å². The van der Waals surface area contributed by atoms with Crippen LogP contribution in [0.15, 0.2) is 41.3 Å². The molecule has 1 amide bonds. The number of benzene rings is 2. The molecule has 1 aliphatic carbocycles. The molecule has 9 heteroatoms. The SMILES string of the molecule is CS(=O)(=O)c1ccc(OC2CCCCC2)c(C(=O)N2CCN(c3ccc(C#N)c(F)c3)CC2)c1. The van der Waals surface area contributed by atoms with Crippen LogP contribution < -0.4 is 9.64 Å². The van der Waals surface area contributed by atoms with Crippen LogP contribution in [0, 0.1) is 17.1 Å². The molecule has 0 atom stereocenters. The Labute approximate surface area is 199 Å². The fourth-order valence-corrected chi connectivity index (χ4v) is 5.15. The predicted molar refractivity (Wildman–Crippen MR) is 126 cm³/mol. The first-order valence-corrected chi connectivity index (χ1v) is 13.4. The van der Waals surface area contributed by atoms with Gasteiger partial charge in [-0.3, -0.25) is 4.79 Å². The first-order valence-electron chi connectivity index (χ1n) is 11.5. The standard InChI is InChI=1S/C25H28FN3O4S/c1-34(31,32)21-9-10-24(33-20-5-3-2-4-6-20)22(16-21)25(30)29-13-11-28(12-14-29)19-8-7-18(17-27)23(26)15-19/h7-10,15-16,20H,2-6,11-14H2,1H3. The van der Waals surface area contributed by atoms with Gasteiger partial charge in [0, 0.05) is 38.1 Å². The normalized spacial score (nSPS) is 17.3. The van der Waals surface area contributed by atoms with Crippen molar-refractivity contribution in [3.63, 3.8) is 0 Å². The van der Waals surface area contributed by atoms with Crippen LogP contribution in [0.3, 0.4) is 0 Å². The Kier molecular flexibility index (Phi) is 7.08. The van der Waals surface area contributed by atoms with E-state index < -0.39 is 15.7 Å². The molecule has 2 fully saturated rings. The number of anilines is 1. The topological polar surface area (TPSA) is 90.7 Å². The Hall–Kier alpha value is -3.12. The summed E-state index contributed by atoms with van der Waals surface area (Å²) in [5, 5.41) is 8.92. The molecule has 7 nitrogen and oxygen atoms in total. The van der Waals surface area contributed by atoms with Crippen LogP contribution in [0.4, 0.5) is 10.1 Å². The third kappa shape index (κ3) is 5.33. The van der Waals surface area contributed by atoms with Gasteiger partial charge in [0.05, 0.1) is 22.1 Å². The number of hydrogen-bond acceptors (Lipinski definition) is 6. The van der Waals surface area contributed by atoms with Gasteiger partial charge >= 0.3 is 0 Å². The molecule has 1 aliphatic heterocycles. The Morgan fingerprint density at radius 2 is 1.76 bits per heavy atom. The quantitative estimate of drug-likeness (QED) is 0.640. The first-order chi connectivity index (χ1) is 16.3. The smallest absolute Gasteiger partial charge is 0.257 e. The van der Waals surface area contributed by atoms with Gasteiger partial charge in [-0.2, -0.15) is 5.26 Å². The van der Waals surface area contributed by atoms with E-state index in [1.165, 1.54) is 30.7 Å². The summed E-state index contributed by atoms with van der Waals surface area (Å²) in [5.74, 6) is -0.427. The van der Waals surface area contributed by atoms with E-state index in [0.29, 0.717) is 37.6 Å². The number of nitriles is 1. The minimum atomic E-state index is -3.49. The molecule has 0 N–H and O–H groups in total. The lowest BCUT2D eigenvalue weighted by Crippen LogP contribution is -2.49. The monoisotopic (exact) mass is 485 g/mol. The van der Waals surface area contributed by atoms with Crippen molar-refractivity contribution in [1.82, 2.24) is 4.90 Å². The van der Waals surface area contributed by atoms with E-state index in [1.807, 2.05) is 11.0 Å². The molecule has 2 aromatic rings. The zero-order valence-corrected chi connectivity index (χ0v) is 20.0. The maximum absolute atomic E-state index is 14.0. The van der Waals surface area contributed by atoms with Crippen LogP contribution in [0.5, 0.6) is 5.75 Å². The average molecular weight is 486 g/mol. The lowest BCUT2D eigenvalue weighted by Gasteiger charge is -2.36. The summed E-state index contributed by atoms with van der Waals surface area (Å²) < 4.78 is 44.5. The van der Waals surface area contributed by atoms with E-state index >= 15 is 0 Å². The van der Waals surface area contributed by atoms with Crippen LogP contribution >= 0.6 is 0 Å². The molecule has 0 aromatic heterocycles. The van der Waals surface area contributed by atoms with Gasteiger partial charge < -0.3 is 14.5 Å². The molecule has 0 unspecified atom stereocenters. The van der Waals surface area contributed by atoms with Gasteiger partial charge in [0.25, 0.3) is 5.91 Å². The van der Waals surface area contributed by atoms with Gasteiger partial charge in [-0.15, -0.1) is 0 Å². The fraction of sp³-hybridized carbons (Fsp3) is 0.440. The van der Waals surface area contributed by atoms with Crippen molar-refractivity contribution in [2.24, 2.45) is 0 Å². The average Bonchev–Trinajstić information content (AvgIpc) is 2.84. The number of amides is 1. The molecular weight excluding hydrogens is 457 g/mol. The molecule has 0 bridgehead atoms. The lowest BCUT2D eigenvalue weighted by atomic mass is 9.97. The van der Waals surface area contributed by atoms with Gasteiger partial charge in [0.15, 0.2) is 9.84 Å². The minimum absolute atomic E-state index is 0.00572. The van der Waals surface area contributed by atoms with E-state index in [1.54, 1.807) is 17.0 Å². The summed E-state index contributed by atoms with van der Waals surface area (Å²) >= 11 is 0. The Balaban J connectivity index is 1.52. The van der Waals surface area contributed by atoms with Crippen LogP contribution in [0.1, 0.15) is 48.0 Å². The second kappa shape index (κ2) is 10.0. The van der Waals surface area contributed by atoms with Crippen molar-refractivity contribution in [2.45, 2.75) is 43.1 Å². The number of piperazine rings is 1. The molecule has 34 heavy (non-hydrogen) atoms. The number of carbonyl (C=O) groups is 1. The van der Waals surface area contributed by atoms with Gasteiger partial charge in [0.2, 0.25) is 0 Å². The summed E-state index contributed by atoms with van der Waals surface area (Å²) in [4.78, 5) is 17.2. The highest BCUT2D eigenvalue weighted by molar-refractivity contribution is 7.90. The number of rotatable bonds is 5. The number of ether oxygens (including phenoxy) is 1. The number of carbonyl (C=O) groups excluding carboxylic acids is 1. The second-order valence-corrected chi connectivity index (χ2v) is 10.9. The molecule has 180 valence electrons. The van der Waals surface area contributed by atoms with Gasteiger partial charge in [-0.25, -0.2) is 12.8 Å². The Morgan fingerprint density at radius 1 is 1.06 bits per heavy atom. The number of nitrogens with zero attached hydrogens (tertiary/aromatic N) is 3. The van der Waals surface area contributed by atoms with Crippen LogP contribution in [0.25, 0.3) is 0 Å². The number of hydrogen-bond donors (Lipinski definition) is 0. The second-order valence-electron chi connectivity index (χ2n) is 8.86. The van der Waals surface area contributed by atoms with Gasteiger partial charge in [-0.05, 0) is 62.1 Å². The highest BCUT2D eigenvalue weighted by Crippen LogP contribution is 2.30. The van der Waals surface area contributed by atoms with E-state index in [9.17, 15) is 17.6 Å². The third-order valence-electron chi connectivity index (χ3n) is 6.46. The fourth-order valence-electron chi connectivity index (χ4n) is 4.50. The highest BCUT2D eigenvalue weighted by atomic mass is 32.2. The summed E-state index contributed by atoms with van der Waals surface area (Å²) in [6, 6.07) is 10.8. The molecule has 4 rings (SSSR count). The highest BCUT2D eigenvalue weighted by Gasteiger charge is 2.27. The number of halogens is 1. The van der Waals surface area contributed by atoms with Crippen molar-refractivity contribution in [1.29, 1.82) is 5.26 Å². The van der Waals surface area contributed by atoms with E-state index in [0.717, 1.165) is 31.9 Å². The van der Waals surface area contributed by atoms with Gasteiger partial charge in [-0.1, -0.05) is 6.42 Å². The van der Waals surface area contributed by atoms with E-state index in [4.69, 9.17) is 10.00 Å². The molecule has 2 aromatic carbocycles. The maximum atomic E-state index is 14.0. The molecular formula is C25H28FN3O4S.